The molecular weight excluding hydrogens is 468 g/mol. The van der Waals surface area contributed by atoms with Crippen molar-refractivity contribution in [2.45, 2.75) is 38.6 Å². The number of ether oxygens (including phenoxy) is 2. The molecule has 0 saturated heterocycles. The van der Waals surface area contributed by atoms with Crippen LogP contribution in [0.2, 0.25) is 0 Å². The van der Waals surface area contributed by atoms with Gasteiger partial charge < -0.3 is 14.0 Å². The Morgan fingerprint density at radius 2 is 1.63 bits per heavy atom. The molecule has 0 spiro atoms. The summed E-state index contributed by atoms with van der Waals surface area (Å²) in [6.07, 6.45) is 0. The molecule has 2 aromatic carbocycles. The summed E-state index contributed by atoms with van der Waals surface area (Å²) in [5.41, 5.74) is 2.85. The molecule has 1 atom stereocenters. The molecule has 0 amide bonds. The molecule has 3 aromatic rings. The van der Waals surface area contributed by atoms with Gasteiger partial charge in [-0.2, -0.15) is 4.72 Å². The van der Waals surface area contributed by atoms with Gasteiger partial charge in [-0.15, -0.1) is 0 Å². The van der Waals surface area contributed by atoms with Crippen LogP contribution in [0.1, 0.15) is 35.6 Å². The van der Waals surface area contributed by atoms with E-state index in [0.717, 1.165) is 17.1 Å². The van der Waals surface area contributed by atoms with Crippen LogP contribution in [0.25, 0.3) is 5.69 Å². The van der Waals surface area contributed by atoms with Crippen molar-refractivity contribution in [3.05, 3.63) is 77.6 Å². The molecule has 0 radical (unpaired) electrons. The topological polar surface area (TPSA) is 104 Å². The van der Waals surface area contributed by atoms with Crippen molar-refractivity contribution >= 4 is 21.8 Å². The normalized spacial score (nSPS) is 12.4. The molecule has 1 N–H and O–H groups in total. The second-order valence-electron chi connectivity index (χ2n) is 8.51. The van der Waals surface area contributed by atoms with Crippen LogP contribution < -0.4 is 9.46 Å². The minimum atomic E-state index is -3.93. The second kappa shape index (κ2) is 10.9. The van der Waals surface area contributed by atoms with Crippen LogP contribution in [0.4, 0.5) is 0 Å². The Bertz CT molecular complexity index is 1300. The lowest BCUT2D eigenvalue weighted by molar-refractivity contribution is -0.145. The highest BCUT2D eigenvalue weighted by Crippen LogP contribution is 2.23. The molecule has 1 unspecified atom stereocenters. The number of nitrogens with zero attached hydrogens (tertiary/aromatic N) is 1. The number of Topliss-reactive ketones (excluding diaryl/α,β-unsaturated/α-hetero) is 1. The summed E-state index contributed by atoms with van der Waals surface area (Å²) >= 11 is 0. The van der Waals surface area contributed by atoms with E-state index in [1.807, 2.05) is 42.7 Å². The second-order valence-corrected chi connectivity index (χ2v) is 10.2. The van der Waals surface area contributed by atoms with Crippen molar-refractivity contribution in [2.24, 2.45) is 5.92 Å². The Morgan fingerprint density at radius 1 is 1.00 bits per heavy atom. The highest BCUT2D eigenvalue weighted by molar-refractivity contribution is 7.89. The zero-order chi connectivity index (χ0) is 25.8. The van der Waals surface area contributed by atoms with E-state index in [-0.39, 0.29) is 10.7 Å². The fraction of sp³-hybridized carbons (Fsp3) is 0.308. The number of carbonyl (C=O) groups excluding carboxylic acids is 2. The summed E-state index contributed by atoms with van der Waals surface area (Å²) < 4.78 is 40.1. The van der Waals surface area contributed by atoms with Crippen LogP contribution in [0, 0.1) is 19.8 Å². The summed E-state index contributed by atoms with van der Waals surface area (Å²) in [5, 5.41) is 0. The lowest BCUT2D eigenvalue weighted by Crippen LogP contribution is -2.45. The number of ketones is 1. The van der Waals surface area contributed by atoms with Gasteiger partial charge in [0.05, 0.1) is 12.0 Å². The Hall–Kier alpha value is -3.43. The minimum absolute atomic E-state index is 0.0421. The van der Waals surface area contributed by atoms with Gasteiger partial charge in [0.15, 0.2) is 6.61 Å². The van der Waals surface area contributed by atoms with Gasteiger partial charge in [-0.25, -0.2) is 8.42 Å². The number of esters is 1. The number of hydrogen-bond donors (Lipinski definition) is 1. The van der Waals surface area contributed by atoms with Crippen molar-refractivity contribution in [1.29, 1.82) is 0 Å². The molecule has 8 nitrogen and oxygen atoms in total. The average molecular weight is 499 g/mol. The molecule has 1 heterocycles. The monoisotopic (exact) mass is 498 g/mol. The first kappa shape index (κ1) is 26.2. The smallest absolute Gasteiger partial charge is 0.324 e. The van der Waals surface area contributed by atoms with E-state index in [4.69, 9.17) is 9.47 Å². The van der Waals surface area contributed by atoms with Gasteiger partial charge in [0.25, 0.3) is 0 Å². The van der Waals surface area contributed by atoms with Crippen molar-refractivity contribution in [3.63, 3.8) is 0 Å². The third kappa shape index (κ3) is 5.98. The minimum Gasteiger partial charge on any atom is -0.497 e. The lowest BCUT2D eigenvalue weighted by Gasteiger charge is -2.20. The summed E-state index contributed by atoms with van der Waals surface area (Å²) in [5.74, 6) is -0.852. The predicted octanol–water partition coefficient (Wildman–Crippen LogP) is 3.83. The number of methoxy groups -OCH3 is 1. The van der Waals surface area contributed by atoms with E-state index >= 15 is 0 Å². The quantitative estimate of drug-likeness (QED) is 0.337. The molecule has 3 rings (SSSR count). The van der Waals surface area contributed by atoms with Gasteiger partial charge in [0.1, 0.15) is 11.8 Å². The molecule has 35 heavy (non-hydrogen) atoms. The van der Waals surface area contributed by atoms with Gasteiger partial charge in [-0.1, -0.05) is 32.0 Å². The number of rotatable bonds is 10. The first-order chi connectivity index (χ1) is 16.5. The maximum absolute atomic E-state index is 12.9. The summed E-state index contributed by atoms with van der Waals surface area (Å²) in [6.45, 7) is 6.60. The van der Waals surface area contributed by atoms with Crippen LogP contribution in [-0.2, 0) is 19.6 Å². The van der Waals surface area contributed by atoms with Crippen molar-refractivity contribution in [2.75, 3.05) is 13.7 Å². The Kier molecular flexibility index (Phi) is 8.14. The molecule has 0 aliphatic heterocycles. The maximum Gasteiger partial charge on any atom is 0.324 e. The van der Waals surface area contributed by atoms with E-state index < -0.39 is 34.6 Å². The third-order valence-corrected chi connectivity index (χ3v) is 7.12. The molecule has 0 fully saturated rings. The Balaban J connectivity index is 1.72. The first-order valence-electron chi connectivity index (χ1n) is 11.2. The van der Waals surface area contributed by atoms with E-state index in [1.54, 1.807) is 45.2 Å². The van der Waals surface area contributed by atoms with E-state index in [2.05, 4.69) is 4.72 Å². The molecule has 9 heteroatoms. The summed E-state index contributed by atoms with van der Waals surface area (Å²) in [6, 6.07) is 15.8. The number of aromatic nitrogens is 1. The van der Waals surface area contributed by atoms with E-state index in [0.29, 0.717) is 11.3 Å². The van der Waals surface area contributed by atoms with Crippen molar-refractivity contribution in [3.8, 4) is 11.4 Å². The SMILES string of the molecule is COc1ccc(-n2c(C)cc(C(=O)COC(=O)C(NS(=O)(=O)c3ccccc3)C(C)C)c2C)cc1. The number of hydrogen-bond acceptors (Lipinski definition) is 6. The van der Waals surface area contributed by atoms with Gasteiger partial charge >= 0.3 is 5.97 Å². The number of sulfonamides is 1. The third-order valence-electron chi connectivity index (χ3n) is 5.66. The zero-order valence-corrected chi connectivity index (χ0v) is 21.3. The standard InChI is InChI=1S/C26H30N2O6S/c1-17(2)25(27-35(31,32)22-9-7-6-8-10-22)26(30)34-16-24(29)23-15-18(3)28(19(23)4)20-11-13-21(33-5)14-12-20/h6-15,17,25,27H,16H2,1-5H3. The Labute approximate surface area is 205 Å². The number of aryl methyl sites for hydroxylation is 1. The number of benzene rings is 2. The molecular formula is C26H30N2O6S. The average Bonchev–Trinajstić information content (AvgIpc) is 3.15. The van der Waals surface area contributed by atoms with Crippen LogP contribution in [0.5, 0.6) is 5.75 Å². The summed E-state index contributed by atoms with van der Waals surface area (Å²) in [4.78, 5) is 25.7. The molecule has 186 valence electrons. The van der Waals surface area contributed by atoms with E-state index in [9.17, 15) is 18.0 Å². The molecule has 0 bridgehead atoms. The van der Waals surface area contributed by atoms with Crippen LogP contribution in [0.15, 0.2) is 65.6 Å². The lowest BCUT2D eigenvalue weighted by atomic mass is 10.1. The van der Waals surface area contributed by atoms with Gasteiger partial charge in [0, 0.05) is 22.6 Å². The Morgan fingerprint density at radius 3 is 2.20 bits per heavy atom. The molecule has 0 aliphatic rings. The first-order valence-corrected chi connectivity index (χ1v) is 12.6. The number of carbonyl (C=O) groups is 2. The highest BCUT2D eigenvalue weighted by Gasteiger charge is 2.30. The highest BCUT2D eigenvalue weighted by atomic mass is 32.2. The van der Waals surface area contributed by atoms with E-state index in [1.165, 1.54) is 12.1 Å². The molecule has 1 aromatic heterocycles. The van der Waals surface area contributed by atoms with Crippen LogP contribution >= 0.6 is 0 Å². The number of nitrogens with one attached hydrogen (secondary N) is 1. The van der Waals surface area contributed by atoms with Crippen LogP contribution in [-0.4, -0.2) is 44.5 Å². The fourth-order valence-electron chi connectivity index (χ4n) is 3.77. The maximum atomic E-state index is 12.9. The largest absolute Gasteiger partial charge is 0.497 e. The summed E-state index contributed by atoms with van der Waals surface area (Å²) in [7, 11) is -2.34. The molecule has 0 aliphatic carbocycles. The predicted molar refractivity (Wildman–Crippen MR) is 132 cm³/mol. The van der Waals surface area contributed by atoms with Crippen molar-refractivity contribution in [1.82, 2.24) is 9.29 Å². The van der Waals surface area contributed by atoms with Crippen LogP contribution in [0.3, 0.4) is 0 Å². The van der Waals surface area contributed by atoms with Gasteiger partial charge in [-0.05, 0) is 62.2 Å². The van der Waals surface area contributed by atoms with Gasteiger partial charge in [-0.3, -0.25) is 9.59 Å². The zero-order valence-electron chi connectivity index (χ0n) is 20.4. The van der Waals surface area contributed by atoms with Crippen molar-refractivity contribution < 1.29 is 27.5 Å². The fourth-order valence-corrected chi connectivity index (χ4v) is 5.12. The van der Waals surface area contributed by atoms with Gasteiger partial charge in [0.2, 0.25) is 15.8 Å². The molecule has 0 saturated carbocycles.